The van der Waals surface area contributed by atoms with Crippen LogP contribution in [0.15, 0.2) is 30.3 Å². The minimum absolute atomic E-state index is 0. The Balaban J connectivity index is 0.000000532. The van der Waals surface area contributed by atoms with E-state index in [0.29, 0.717) is 45.7 Å². The molecule has 254 valence electrons. The van der Waals surface area contributed by atoms with Crippen molar-refractivity contribution in [2.24, 2.45) is 11.3 Å². The van der Waals surface area contributed by atoms with Crippen molar-refractivity contribution in [1.82, 2.24) is 9.80 Å². The van der Waals surface area contributed by atoms with Gasteiger partial charge < -0.3 is 20.6 Å². The summed E-state index contributed by atoms with van der Waals surface area (Å²) in [7, 11) is 0. The first kappa shape index (κ1) is 37.7. The molecule has 4 saturated heterocycles. The number of aryl methyl sites for hydroxylation is 2. The molecule has 2 aromatic carbocycles. The fourth-order valence-corrected chi connectivity index (χ4v) is 8.73. The van der Waals surface area contributed by atoms with Crippen molar-refractivity contribution in [1.29, 1.82) is 0 Å². The van der Waals surface area contributed by atoms with Gasteiger partial charge in [-0.25, -0.2) is 0 Å². The Hall–Kier alpha value is -1.16. The summed E-state index contributed by atoms with van der Waals surface area (Å²) in [6.45, 7) is 12.9. The van der Waals surface area contributed by atoms with Gasteiger partial charge in [-0.15, -0.1) is 24.9 Å². The van der Waals surface area contributed by atoms with Gasteiger partial charge in [-0.1, -0.05) is 55.0 Å². The van der Waals surface area contributed by atoms with Gasteiger partial charge in [-0.2, -0.15) is 13.2 Å². The maximum atomic E-state index is 14.0. The number of nitrogens with zero attached hydrogens (tertiary/aromatic N) is 3. The van der Waals surface area contributed by atoms with Crippen molar-refractivity contribution >= 4 is 46.6 Å². The molecule has 6 rings (SSSR count). The number of carbonyl (C=O) groups is 1. The summed E-state index contributed by atoms with van der Waals surface area (Å²) in [5.41, 5.74) is 3.42. The molecule has 4 heterocycles. The number of thioether (sulfide) groups is 1. The first-order valence-electron chi connectivity index (χ1n) is 15.5. The van der Waals surface area contributed by atoms with E-state index in [0.717, 1.165) is 62.0 Å². The molecule has 0 aliphatic carbocycles. The van der Waals surface area contributed by atoms with Crippen molar-refractivity contribution in [2.45, 2.75) is 75.7 Å². The van der Waals surface area contributed by atoms with E-state index in [2.05, 4.69) is 29.4 Å². The van der Waals surface area contributed by atoms with E-state index < -0.39 is 28.5 Å². The number of amides is 1. The van der Waals surface area contributed by atoms with Crippen LogP contribution in [0.1, 0.15) is 55.1 Å². The number of phenolic OH excluding ortho intramolecular Hbond substituents is 1. The van der Waals surface area contributed by atoms with Gasteiger partial charge in [0.25, 0.3) is 0 Å². The Morgan fingerprint density at radius 2 is 1.76 bits per heavy atom. The Labute approximate surface area is 298 Å². The van der Waals surface area contributed by atoms with E-state index in [1.165, 1.54) is 6.42 Å². The van der Waals surface area contributed by atoms with Crippen molar-refractivity contribution in [2.75, 3.05) is 44.6 Å². The largest absolute Gasteiger partial charge is 0.662 e. The fourth-order valence-electron chi connectivity index (χ4n) is 6.60. The molecule has 3 atom stereocenters. The summed E-state index contributed by atoms with van der Waals surface area (Å²) >= 11 is 13.3. The van der Waals surface area contributed by atoms with Crippen molar-refractivity contribution in [3.63, 3.8) is 0 Å². The van der Waals surface area contributed by atoms with Crippen molar-refractivity contribution in [3.05, 3.63) is 62.4 Å². The molecule has 4 fully saturated rings. The van der Waals surface area contributed by atoms with Crippen LogP contribution in [0.25, 0.3) is 5.32 Å². The van der Waals surface area contributed by atoms with E-state index >= 15 is 0 Å². The molecular weight excluding hydrogens is 828 g/mol. The second-order valence-electron chi connectivity index (χ2n) is 13.6. The van der Waals surface area contributed by atoms with Gasteiger partial charge in [0.05, 0.1) is 22.2 Å². The molecule has 13 heteroatoms. The summed E-state index contributed by atoms with van der Waals surface area (Å²) in [5.74, 6) is -2.03. The molecule has 0 bridgehead atoms. The van der Waals surface area contributed by atoms with Crippen molar-refractivity contribution < 1.29 is 44.1 Å². The van der Waals surface area contributed by atoms with E-state index in [9.17, 15) is 23.1 Å². The normalized spacial score (nSPS) is 25.1. The number of anilines is 1. The van der Waals surface area contributed by atoms with Crippen LogP contribution in [-0.4, -0.2) is 83.6 Å². The van der Waals surface area contributed by atoms with Gasteiger partial charge in [0.2, 0.25) is 5.91 Å². The fraction of sp³-hybridized carbons (Fsp3) is 0.606. The number of phenols is 1. The van der Waals surface area contributed by atoms with Crippen LogP contribution >= 0.6 is 35.0 Å². The minimum Gasteiger partial charge on any atom is -0.662 e. The zero-order chi connectivity index (χ0) is 32.7. The minimum atomic E-state index is -4.47. The topological polar surface area (TPSA) is 69.9 Å². The van der Waals surface area contributed by atoms with Crippen LogP contribution in [0.4, 0.5) is 18.9 Å². The molecule has 6 nitrogen and oxygen atoms in total. The van der Waals surface area contributed by atoms with Gasteiger partial charge >= 0.3 is 6.18 Å². The van der Waals surface area contributed by atoms with Gasteiger partial charge in [0.15, 0.2) is 0 Å². The molecule has 0 spiro atoms. The molecule has 2 N–H and O–H groups in total. The Morgan fingerprint density at radius 3 is 2.28 bits per heavy atom. The molecule has 3 unspecified atom stereocenters. The molecule has 2 aromatic rings. The number of carbonyl (C=O) groups excluding carboxylic acids is 1. The smallest absolute Gasteiger partial charge is 0.394 e. The van der Waals surface area contributed by atoms with E-state index in [4.69, 9.17) is 23.2 Å². The summed E-state index contributed by atoms with van der Waals surface area (Å²) < 4.78 is 42.1. The number of benzene rings is 2. The van der Waals surface area contributed by atoms with E-state index in [-0.39, 0.29) is 32.9 Å². The maximum Gasteiger partial charge on any atom is 0.394 e. The molecule has 0 saturated carbocycles. The zero-order valence-corrected chi connectivity index (χ0v) is 31.8. The summed E-state index contributed by atoms with van der Waals surface area (Å²) in [6, 6.07) is 9.13. The summed E-state index contributed by atoms with van der Waals surface area (Å²) in [4.78, 5) is 17.1. The summed E-state index contributed by atoms with van der Waals surface area (Å²) in [5, 5.41) is 16.3. The Bertz CT molecular complexity index is 1340. The van der Waals surface area contributed by atoms with Crippen LogP contribution in [0.3, 0.4) is 0 Å². The number of hydrogen-bond donors (Lipinski definition) is 2. The number of nitrogens with one attached hydrogen (secondary N) is 1. The standard InChI is InChI=1S/C27H30Cl2F3N3O2S.C6H12N.W/c1-14-7-16(10-17(28)8-14)24-22(27(30,31)32)25(38-24)26(37)34-5-3-20(4-6-34)35-12-19(13-35)33-18-9-15(2)23(36)21(29)11-18;1-6(2)3-4-7-5-6;/h7-11,19-20,22,24-25,33,36H,3-6,12-13H2,1-2H3;3-5H2,1-2H3;/q;-1;. The van der Waals surface area contributed by atoms with Gasteiger partial charge in [-0.05, 0) is 67.6 Å². The zero-order valence-electron chi connectivity index (χ0n) is 26.5. The molecule has 4 aliphatic rings. The monoisotopic (exact) mass is 869 g/mol. The van der Waals surface area contributed by atoms with Crippen LogP contribution in [0, 0.1) is 25.2 Å². The number of rotatable bonds is 5. The third-order valence-electron chi connectivity index (χ3n) is 9.27. The number of aromatic hydroxyl groups is 1. The number of likely N-dealkylation sites (tertiary alicyclic amines) is 2. The van der Waals surface area contributed by atoms with E-state index in [1.807, 2.05) is 6.07 Å². The Morgan fingerprint density at radius 1 is 1.09 bits per heavy atom. The Kier molecular flexibility index (Phi) is 12.4. The first-order chi connectivity index (χ1) is 21.1. The predicted molar refractivity (Wildman–Crippen MR) is 178 cm³/mol. The molecule has 0 radical (unpaired) electrons. The van der Waals surface area contributed by atoms with Crippen LogP contribution < -0.4 is 5.32 Å². The van der Waals surface area contributed by atoms with Crippen LogP contribution in [0.5, 0.6) is 5.75 Å². The second kappa shape index (κ2) is 15.2. The quantitative estimate of drug-likeness (QED) is 0.297. The number of halogens is 5. The van der Waals surface area contributed by atoms with Gasteiger partial charge in [-0.3, -0.25) is 9.69 Å². The number of hydrogen-bond acceptors (Lipinski definition) is 5. The maximum absolute atomic E-state index is 14.0. The second-order valence-corrected chi connectivity index (χ2v) is 15.7. The van der Waals surface area contributed by atoms with Gasteiger partial charge in [0, 0.05) is 69.2 Å². The molecule has 1 amide bonds. The van der Waals surface area contributed by atoms with E-state index in [1.54, 1.807) is 43.0 Å². The molecule has 0 aromatic heterocycles. The summed E-state index contributed by atoms with van der Waals surface area (Å²) in [6.07, 6.45) is -1.70. The third-order valence-corrected chi connectivity index (χ3v) is 11.4. The third kappa shape index (κ3) is 8.89. The van der Waals surface area contributed by atoms with Crippen molar-refractivity contribution in [3.8, 4) is 5.75 Å². The predicted octanol–water partition coefficient (Wildman–Crippen LogP) is 8.23. The number of alkyl halides is 3. The number of piperidine rings is 1. The first-order valence-corrected chi connectivity index (χ1v) is 17.2. The SMILES string of the molecule is CC1(C)CC[N-]C1.Cc1cc(Cl)cc(C2SC(C(=O)N3CCC(N4CC(Nc5cc(C)c(O)c(Cl)c5)C4)CC3)C2C(F)(F)F)c1.[W]. The van der Waals surface area contributed by atoms with Gasteiger partial charge in [0.1, 0.15) is 5.75 Å². The van der Waals surface area contributed by atoms with Crippen LogP contribution in [0.2, 0.25) is 10.0 Å². The molecular formula is C33H42Cl2F3N4O2SW-. The van der Waals surface area contributed by atoms with Crippen LogP contribution in [-0.2, 0) is 25.9 Å². The molecule has 4 aliphatic heterocycles. The average Bonchev–Trinajstić information content (AvgIpc) is 3.31. The molecule has 46 heavy (non-hydrogen) atoms. The average molecular weight is 871 g/mol.